The van der Waals surface area contributed by atoms with Gasteiger partial charge in [0, 0.05) is 24.5 Å². The summed E-state index contributed by atoms with van der Waals surface area (Å²) < 4.78 is 5.21. The van der Waals surface area contributed by atoms with Gasteiger partial charge in [0.25, 0.3) is 11.7 Å². The predicted molar refractivity (Wildman–Crippen MR) is 106 cm³/mol. The number of likely N-dealkylation sites (tertiary alicyclic amines) is 1. The number of rotatable bonds is 7. The molecule has 0 bridgehead atoms. The molecular formula is C22H24N2O4. The van der Waals surface area contributed by atoms with Crippen molar-refractivity contribution in [2.24, 2.45) is 0 Å². The zero-order valence-corrected chi connectivity index (χ0v) is 16.1. The molecule has 1 amide bonds. The van der Waals surface area contributed by atoms with Crippen LogP contribution in [0.4, 0.5) is 0 Å². The summed E-state index contributed by atoms with van der Waals surface area (Å²) in [6.45, 7) is 2.54. The number of nitrogens with zero attached hydrogens (tertiary/aromatic N) is 2. The van der Waals surface area contributed by atoms with Crippen molar-refractivity contribution in [2.45, 2.75) is 32.2 Å². The Bertz CT molecular complexity index is 875. The van der Waals surface area contributed by atoms with Crippen molar-refractivity contribution in [1.29, 1.82) is 0 Å². The Morgan fingerprint density at radius 2 is 1.79 bits per heavy atom. The van der Waals surface area contributed by atoms with Gasteiger partial charge < -0.3 is 14.7 Å². The highest BCUT2D eigenvalue weighted by Crippen LogP contribution is 2.39. The fourth-order valence-electron chi connectivity index (χ4n) is 3.44. The Balaban J connectivity index is 2.09. The van der Waals surface area contributed by atoms with Crippen LogP contribution in [0, 0.1) is 0 Å². The molecule has 28 heavy (non-hydrogen) atoms. The first-order valence-corrected chi connectivity index (χ1v) is 9.41. The summed E-state index contributed by atoms with van der Waals surface area (Å²) in [5, 5.41) is 10.9. The van der Waals surface area contributed by atoms with Gasteiger partial charge in [0.05, 0.1) is 18.7 Å². The van der Waals surface area contributed by atoms with E-state index in [2.05, 4.69) is 11.9 Å². The van der Waals surface area contributed by atoms with E-state index < -0.39 is 17.7 Å². The number of aliphatic hydroxyl groups is 1. The zero-order valence-electron chi connectivity index (χ0n) is 16.1. The smallest absolute Gasteiger partial charge is 0.295 e. The summed E-state index contributed by atoms with van der Waals surface area (Å²) in [6, 6.07) is 9.82. The van der Waals surface area contributed by atoms with Crippen molar-refractivity contribution in [3.63, 3.8) is 0 Å². The van der Waals surface area contributed by atoms with Crippen LogP contribution in [0.3, 0.4) is 0 Å². The summed E-state index contributed by atoms with van der Waals surface area (Å²) in [6.07, 6.45) is 5.84. The second kappa shape index (κ2) is 8.69. The SMILES string of the molecule is CCCCCN1C(=O)C(=O)/C(=C(\O)c2ccncc2)C1c1ccc(OC)cc1. The van der Waals surface area contributed by atoms with Crippen LogP contribution < -0.4 is 4.74 Å². The van der Waals surface area contributed by atoms with Gasteiger partial charge in [-0.05, 0) is 36.2 Å². The second-order valence-electron chi connectivity index (χ2n) is 6.71. The largest absolute Gasteiger partial charge is 0.507 e. The lowest BCUT2D eigenvalue weighted by Gasteiger charge is -2.25. The first kappa shape index (κ1) is 19.6. The first-order valence-electron chi connectivity index (χ1n) is 9.41. The molecule has 0 aliphatic carbocycles. The van der Waals surface area contributed by atoms with Gasteiger partial charge in [-0.2, -0.15) is 0 Å². The molecule has 1 N–H and O–H groups in total. The molecule has 0 saturated carbocycles. The van der Waals surface area contributed by atoms with E-state index in [1.165, 1.54) is 12.4 Å². The third-order valence-corrected chi connectivity index (χ3v) is 4.93. The van der Waals surface area contributed by atoms with E-state index >= 15 is 0 Å². The minimum absolute atomic E-state index is 0.109. The van der Waals surface area contributed by atoms with E-state index in [-0.39, 0.29) is 11.3 Å². The highest BCUT2D eigenvalue weighted by molar-refractivity contribution is 6.46. The van der Waals surface area contributed by atoms with Crippen LogP contribution in [-0.2, 0) is 9.59 Å². The van der Waals surface area contributed by atoms with E-state index in [0.29, 0.717) is 17.9 Å². The zero-order chi connectivity index (χ0) is 20.1. The van der Waals surface area contributed by atoms with Crippen molar-refractivity contribution in [3.05, 3.63) is 65.5 Å². The lowest BCUT2D eigenvalue weighted by atomic mass is 9.95. The Morgan fingerprint density at radius 1 is 1.11 bits per heavy atom. The number of aliphatic hydroxyl groups excluding tert-OH is 1. The van der Waals surface area contributed by atoms with E-state index in [1.807, 2.05) is 12.1 Å². The van der Waals surface area contributed by atoms with Crippen LogP contribution in [0.25, 0.3) is 5.76 Å². The third kappa shape index (κ3) is 3.76. The number of hydrogen-bond acceptors (Lipinski definition) is 5. The highest BCUT2D eigenvalue weighted by atomic mass is 16.5. The quantitative estimate of drug-likeness (QED) is 0.343. The maximum Gasteiger partial charge on any atom is 0.295 e. The molecule has 1 fully saturated rings. The number of hydrogen-bond donors (Lipinski definition) is 1. The number of Topliss-reactive ketones (excluding diaryl/α,β-unsaturated/α-hetero) is 1. The first-order chi connectivity index (χ1) is 13.6. The number of benzene rings is 1. The van der Waals surface area contributed by atoms with Gasteiger partial charge >= 0.3 is 0 Å². The number of carbonyl (C=O) groups is 2. The molecule has 2 heterocycles. The van der Waals surface area contributed by atoms with Crippen LogP contribution in [0.15, 0.2) is 54.4 Å². The number of unbranched alkanes of at least 4 members (excludes halogenated alkanes) is 2. The van der Waals surface area contributed by atoms with E-state index in [9.17, 15) is 14.7 Å². The van der Waals surface area contributed by atoms with Gasteiger partial charge in [-0.3, -0.25) is 14.6 Å². The number of carbonyl (C=O) groups excluding carboxylic acids is 2. The molecule has 1 aromatic heterocycles. The molecular weight excluding hydrogens is 356 g/mol. The van der Waals surface area contributed by atoms with Gasteiger partial charge in [-0.1, -0.05) is 31.9 Å². The summed E-state index contributed by atoms with van der Waals surface area (Å²) >= 11 is 0. The van der Waals surface area contributed by atoms with Gasteiger partial charge in [0.15, 0.2) is 0 Å². The molecule has 1 unspecified atom stereocenters. The maximum absolute atomic E-state index is 12.8. The van der Waals surface area contributed by atoms with Gasteiger partial charge in [-0.25, -0.2) is 0 Å². The van der Waals surface area contributed by atoms with E-state index in [4.69, 9.17) is 4.74 Å². The predicted octanol–water partition coefficient (Wildman–Crippen LogP) is 3.70. The fourth-order valence-corrected chi connectivity index (χ4v) is 3.44. The van der Waals surface area contributed by atoms with E-state index in [0.717, 1.165) is 24.8 Å². The van der Waals surface area contributed by atoms with Gasteiger partial charge in [0.2, 0.25) is 0 Å². The summed E-state index contributed by atoms with van der Waals surface area (Å²) in [5.41, 5.74) is 1.32. The minimum atomic E-state index is -0.661. The van der Waals surface area contributed by atoms with Crippen LogP contribution in [0.5, 0.6) is 5.75 Å². The number of aromatic nitrogens is 1. The summed E-state index contributed by atoms with van der Waals surface area (Å²) in [4.78, 5) is 31.1. The number of amides is 1. The molecule has 1 aliphatic rings. The molecule has 1 aliphatic heterocycles. The molecule has 6 heteroatoms. The van der Waals surface area contributed by atoms with Crippen molar-refractivity contribution >= 4 is 17.4 Å². The fraction of sp³-hybridized carbons (Fsp3) is 0.318. The Kier molecular flexibility index (Phi) is 6.09. The van der Waals surface area contributed by atoms with Crippen molar-refractivity contribution in [2.75, 3.05) is 13.7 Å². The second-order valence-corrected chi connectivity index (χ2v) is 6.71. The normalized spacial score (nSPS) is 18.5. The van der Waals surface area contributed by atoms with Crippen molar-refractivity contribution < 1.29 is 19.4 Å². The third-order valence-electron chi connectivity index (χ3n) is 4.93. The average Bonchev–Trinajstić information content (AvgIpc) is 2.99. The lowest BCUT2D eigenvalue weighted by Crippen LogP contribution is -2.30. The molecule has 2 aromatic rings. The lowest BCUT2D eigenvalue weighted by molar-refractivity contribution is -0.139. The molecule has 146 valence electrons. The monoisotopic (exact) mass is 380 g/mol. The molecule has 0 spiro atoms. The Hall–Kier alpha value is -3.15. The molecule has 3 rings (SSSR count). The van der Waals surface area contributed by atoms with Crippen molar-refractivity contribution in [3.8, 4) is 5.75 Å². The van der Waals surface area contributed by atoms with Crippen LogP contribution in [-0.4, -0.2) is 40.3 Å². The van der Waals surface area contributed by atoms with E-state index in [1.54, 1.807) is 36.3 Å². The molecule has 6 nitrogen and oxygen atoms in total. The average molecular weight is 380 g/mol. The number of pyridine rings is 1. The topological polar surface area (TPSA) is 79.7 Å². The molecule has 0 radical (unpaired) electrons. The maximum atomic E-state index is 12.8. The van der Waals surface area contributed by atoms with Crippen LogP contribution in [0.1, 0.15) is 43.4 Å². The van der Waals surface area contributed by atoms with Gasteiger partial charge in [0.1, 0.15) is 11.5 Å². The Labute approximate surface area is 164 Å². The number of ketones is 1. The minimum Gasteiger partial charge on any atom is -0.507 e. The molecule has 1 atom stereocenters. The molecule has 1 aromatic carbocycles. The molecule has 1 saturated heterocycles. The van der Waals surface area contributed by atoms with Crippen LogP contribution in [0.2, 0.25) is 0 Å². The standard InChI is InChI=1S/C22H24N2O4/c1-3-4-5-14-24-19(15-6-8-17(28-2)9-7-15)18(21(26)22(24)27)20(25)16-10-12-23-13-11-16/h6-13,19,25H,3-5,14H2,1-2H3/b20-18-. The summed E-state index contributed by atoms with van der Waals surface area (Å²) in [7, 11) is 1.58. The Morgan fingerprint density at radius 3 is 2.39 bits per heavy atom. The number of ether oxygens (including phenoxy) is 1. The van der Waals surface area contributed by atoms with Crippen LogP contribution >= 0.6 is 0 Å². The number of methoxy groups -OCH3 is 1. The highest BCUT2D eigenvalue weighted by Gasteiger charge is 2.45. The van der Waals surface area contributed by atoms with Gasteiger partial charge in [-0.15, -0.1) is 0 Å². The summed E-state index contributed by atoms with van der Waals surface area (Å²) in [5.74, 6) is -0.737. The van der Waals surface area contributed by atoms with Crippen molar-refractivity contribution in [1.82, 2.24) is 9.88 Å².